The van der Waals surface area contributed by atoms with Crippen LogP contribution in [0.5, 0.6) is 0 Å². The molecule has 0 bridgehead atoms. The molecule has 1 fully saturated rings. The van der Waals surface area contributed by atoms with Crippen molar-refractivity contribution in [1.29, 1.82) is 0 Å². The minimum Gasteiger partial charge on any atom is -0.322 e. The Morgan fingerprint density at radius 2 is 1.77 bits per heavy atom. The molecule has 2 aromatic rings. The van der Waals surface area contributed by atoms with Crippen molar-refractivity contribution in [2.45, 2.75) is 12.7 Å². The predicted molar refractivity (Wildman–Crippen MR) is 94.0 cm³/mol. The highest BCUT2D eigenvalue weighted by molar-refractivity contribution is 6.04. The first kappa shape index (κ1) is 18.4. The Kier molecular flexibility index (Phi) is 5.58. The van der Waals surface area contributed by atoms with Crippen LogP contribution in [-0.2, 0) is 12.7 Å². The number of benzene rings is 2. The van der Waals surface area contributed by atoms with Crippen LogP contribution in [0.4, 0.5) is 18.9 Å². The number of rotatable bonds is 4. The zero-order valence-corrected chi connectivity index (χ0v) is 14.1. The number of piperazine rings is 1. The summed E-state index contributed by atoms with van der Waals surface area (Å²) in [4.78, 5) is 14.5. The lowest BCUT2D eigenvalue weighted by atomic mass is 10.1. The van der Waals surface area contributed by atoms with Crippen molar-refractivity contribution in [1.82, 2.24) is 10.2 Å². The van der Waals surface area contributed by atoms with Crippen LogP contribution in [-0.4, -0.2) is 37.0 Å². The van der Waals surface area contributed by atoms with Crippen LogP contribution in [0.2, 0.25) is 0 Å². The highest BCUT2D eigenvalue weighted by Gasteiger charge is 2.30. The molecule has 1 amide bonds. The Bertz CT molecular complexity index is 753. The fourth-order valence-electron chi connectivity index (χ4n) is 2.86. The highest BCUT2D eigenvalue weighted by atomic mass is 19.4. The third-order valence-electron chi connectivity index (χ3n) is 4.28. The molecule has 0 aliphatic carbocycles. The predicted octanol–water partition coefficient (Wildman–Crippen LogP) is 3.36. The number of halogens is 3. The topological polar surface area (TPSA) is 44.4 Å². The summed E-state index contributed by atoms with van der Waals surface area (Å²) in [6.07, 6.45) is -4.47. The maximum atomic E-state index is 12.8. The van der Waals surface area contributed by atoms with Crippen molar-refractivity contribution in [2.24, 2.45) is 0 Å². The molecule has 7 heteroatoms. The molecule has 1 saturated heterocycles. The molecule has 2 N–H and O–H groups in total. The molecule has 0 saturated carbocycles. The number of hydrogen-bond acceptors (Lipinski definition) is 3. The molecule has 0 atom stereocenters. The first-order chi connectivity index (χ1) is 12.4. The summed E-state index contributed by atoms with van der Waals surface area (Å²) in [6.45, 7) is 4.78. The van der Waals surface area contributed by atoms with Crippen LogP contribution in [0.25, 0.3) is 0 Å². The van der Waals surface area contributed by atoms with E-state index in [0.29, 0.717) is 5.69 Å². The second-order valence-corrected chi connectivity index (χ2v) is 6.26. The summed E-state index contributed by atoms with van der Waals surface area (Å²) in [5, 5.41) is 5.94. The molecule has 2 aromatic carbocycles. The van der Waals surface area contributed by atoms with Gasteiger partial charge in [-0.25, -0.2) is 0 Å². The number of carbonyl (C=O) groups excluding carboxylic acids is 1. The van der Waals surface area contributed by atoms with Crippen LogP contribution in [0, 0.1) is 0 Å². The highest BCUT2D eigenvalue weighted by Crippen LogP contribution is 2.29. The lowest BCUT2D eigenvalue weighted by molar-refractivity contribution is -0.137. The number of alkyl halides is 3. The van der Waals surface area contributed by atoms with Gasteiger partial charge in [0.15, 0.2) is 0 Å². The second kappa shape index (κ2) is 7.88. The van der Waals surface area contributed by atoms with Crippen LogP contribution in [0.3, 0.4) is 0 Å². The van der Waals surface area contributed by atoms with Gasteiger partial charge in [0, 0.05) is 44.0 Å². The number of anilines is 1. The molecule has 0 unspecified atom stereocenters. The number of nitrogens with one attached hydrogen (secondary N) is 2. The lowest BCUT2D eigenvalue weighted by Gasteiger charge is -2.27. The van der Waals surface area contributed by atoms with E-state index in [1.807, 2.05) is 12.1 Å². The first-order valence-corrected chi connectivity index (χ1v) is 8.42. The number of amides is 1. The van der Waals surface area contributed by atoms with Gasteiger partial charge in [0.1, 0.15) is 0 Å². The molecule has 1 aliphatic rings. The molecule has 0 radical (unpaired) electrons. The second-order valence-electron chi connectivity index (χ2n) is 6.26. The van der Waals surface area contributed by atoms with Gasteiger partial charge >= 0.3 is 6.18 Å². The quantitative estimate of drug-likeness (QED) is 0.876. The van der Waals surface area contributed by atoms with E-state index < -0.39 is 17.6 Å². The summed E-state index contributed by atoms with van der Waals surface area (Å²) in [6, 6.07) is 11.8. The Balaban J connectivity index is 1.62. The summed E-state index contributed by atoms with van der Waals surface area (Å²) < 4.78 is 38.3. The molecule has 3 rings (SSSR count). The largest absolute Gasteiger partial charge is 0.416 e. The summed E-state index contributed by atoms with van der Waals surface area (Å²) >= 11 is 0. The molecule has 26 heavy (non-hydrogen) atoms. The summed E-state index contributed by atoms with van der Waals surface area (Å²) in [7, 11) is 0. The van der Waals surface area contributed by atoms with E-state index in [2.05, 4.69) is 15.5 Å². The number of hydrogen-bond donors (Lipinski definition) is 2. The van der Waals surface area contributed by atoms with Gasteiger partial charge in [0.2, 0.25) is 0 Å². The van der Waals surface area contributed by atoms with E-state index in [-0.39, 0.29) is 5.56 Å². The van der Waals surface area contributed by atoms with E-state index in [9.17, 15) is 18.0 Å². The van der Waals surface area contributed by atoms with Crippen LogP contribution in [0.15, 0.2) is 48.5 Å². The minimum absolute atomic E-state index is 0.0234. The average molecular weight is 363 g/mol. The van der Waals surface area contributed by atoms with E-state index in [4.69, 9.17) is 0 Å². The van der Waals surface area contributed by atoms with E-state index in [0.717, 1.165) is 50.4 Å². The Labute approximate surface area is 150 Å². The maximum Gasteiger partial charge on any atom is 0.416 e. The van der Waals surface area contributed by atoms with Gasteiger partial charge in [0.25, 0.3) is 5.91 Å². The van der Waals surface area contributed by atoms with Gasteiger partial charge in [-0.3, -0.25) is 9.69 Å². The molecule has 1 heterocycles. The molecule has 0 aromatic heterocycles. The Hall–Kier alpha value is -2.38. The van der Waals surface area contributed by atoms with Gasteiger partial charge in [-0.1, -0.05) is 18.2 Å². The van der Waals surface area contributed by atoms with Crippen molar-refractivity contribution in [2.75, 3.05) is 31.5 Å². The summed E-state index contributed by atoms with van der Waals surface area (Å²) in [5.41, 5.74) is 0.821. The van der Waals surface area contributed by atoms with Gasteiger partial charge in [-0.15, -0.1) is 0 Å². The monoisotopic (exact) mass is 363 g/mol. The average Bonchev–Trinajstić information content (AvgIpc) is 2.63. The Morgan fingerprint density at radius 1 is 1.08 bits per heavy atom. The first-order valence-electron chi connectivity index (χ1n) is 8.42. The molecule has 4 nitrogen and oxygen atoms in total. The van der Waals surface area contributed by atoms with Crippen molar-refractivity contribution in [3.63, 3.8) is 0 Å². The van der Waals surface area contributed by atoms with Crippen molar-refractivity contribution in [3.05, 3.63) is 65.2 Å². The van der Waals surface area contributed by atoms with Gasteiger partial charge < -0.3 is 10.6 Å². The van der Waals surface area contributed by atoms with Crippen molar-refractivity contribution < 1.29 is 18.0 Å². The van der Waals surface area contributed by atoms with E-state index in [1.165, 1.54) is 12.1 Å². The third kappa shape index (κ3) is 4.83. The van der Waals surface area contributed by atoms with Crippen LogP contribution >= 0.6 is 0 Å². The third-order valence-corrected chi connectivity index (χ3v) is 4.28. The number of carbonyl (C=O) groups is 1. The summed E-state index contributed by atoms with van der Waals surface area (Å²) in [5.74, 6) is -0.564. The molecule has 0 spiro atoms. The maximum absolute atomic E-state index is 12.8. The minimum atomic E-state index is -4.47. The molecule has 1 aliphatic heterocycles. The lowest BCUT2D eigenvalue weighted by Crippen LogP contribution is -2.42. The SMILES string of the molecule is O=C(Nc1ccc(CN2CCNCC2)cc1)c1cccc(C(F)(F)F)c1. The zero-order valence-electron chi connectivity index (χ0n) is 14.1. The molecule has 138 valence electrons. The van der Waals surface area contributed by atoms with Crippen molar-refractivity contribution >= 4 is 11.6 Å². The van der Waals surface area contributed by atoms with Gasteiger partial charge in [-0.2, -0.15) is 13.2 Å². The standard InChI is InChI=1S/C19H20F3N3O/c20-19(21,22)16-3-1-2-15(12-16)18(26)24-17-6-4-14(5-7-17)13-25-10-8-23-9-11-25/h1-7,12,23H,8-11,13H2,(H,24,26). The Morgan fingerprint density at radius 3 is 2.42 bits per heavy atom. The fraction of sp³-hybridized carbons (Fsp3) is 0.316. The number of nitrogens with zero attached hydrogens (tertiary/aromatic N) is 1. The molecular formula is C19H20F3N3O. The van der Waals surface area contributed by atoms with Crippen LogP contribution < -0.4 is 10.6 Å². The smallest absolute Gasteiger partial charge is 0.322 e. The molecular weight excluding hydrogens is 343 g/mol. The zero-order chi connectivity index (χ0) is 18.6. The van der Waals surface area contributed by atoms with Gasteiger partial charge in [-0.05, 0) is 35.9 Å². The van der Waals surface area contributed by atoms with Crippen LogP contribution in [0.1, 0.15) is 21.5 Å². The van der Waals surface area contributed by atoms with E-state index >= 15 is 0 Å². The van der Waals surface area contributed by atoms with Crippen molar-refractivity contribution in [3.8, 4) is 0 Å². The van der Waals surface area contributed by atoms with Gasteiger partial charge in [0.05, 0.1) is 5.56 Å². The normalized spacial score (nSPS) is 15.7. The fourth-order valence-corrected chi connectivity index (χ4v) is 2.86. The van der Waals surface area contributed by atoms with E-state index in [1.54, 1.807) is 12.1 Å².